The molecular weight excluding hydrogens is 408 g/mol. The zero-order chi connectivity index (χ0) is 21.8. The van der Waals surface area contributed by atoms with Crippen LogP contribution in [0.4, 0.5) is 0 Å². The SMILES string of the molecule is CC(=O)N(C)Cc1ccc(C(=O)CSc2nnc(C3CC3)n2Cc2ccccc2)cc1. The highest BCUT2D eigenvalue weighted by atomic mass is 32.2. The molecule has 1 aromatic heterocycles. The van der Waals surface area contributed by atoms with Gasteiger partial charge in [-0.1, -0.05) is 66.4 Å². The predicted octanol–water partition coefficient (Wildman–Crippen LogP) is 4.16. The molecule has 2 aromatic carbocycles. The number of amides is 1. The molecule has 0 spiro atoms. The van der Waals surface area contributed by atoms with E-state index in [0.717, 1.165) is 29.4 Å². The molecule has 0 bridgehead atoms. The van der Waals surface area contributed by atoms with Crippen LogP contribution in [0.15, 0.2) is 59.8 Å². The van der Waals surface area contributed by atoms with Crippen LogP contribution in [0.3, 0.4) is 0 Å². The quantitative estimate of drug-likeness (QED) is 0.374. The molecule has 1 aliphatic carbocycles. The topological polar surface area (TPSA) is 68.1 Å². The van der Waals surface area contributed by atoms with Crippen molar-refractivity contribution >= 4 is 23.5 Å². The highest BCUT2D eigenvalue weighted by Crippen LogP contribution is 2.40. The molecule has 1 fully saturated rings. The second kappa shape index (κ2) is 9.47. The largest absolute Gasteiger partial charge is 0.342 e. The van der Waals surface area contributed by atoms with Crippen molar-refractivity contribution in [1.82, 2.24) is 19.7 Å². The molecule has 3 aromatic rings. The van der Waals surface area contributed by atoms with Crippen molar-refractivity contribution in [2.75, 3.05) is 12.8 Å². The smallest absolute Gasteiger partial charge is 0.219 e. The summed E-state index contributed by atoms with van der Waals surface area (Å²) in [7, 11) is 1.76. The molecule has 0 unspecified atom stereocenters. The Morgan fingerprint density at radius 3 is 2.39 bits per heavy atom. The molecule has 6 nitrogen and oxygen atoms in total. The van der Waals surface area contributed by atoms with Crippen LogP contribution in [0.2, 0.25) is 0 Å². The molecule has 1 aliphatic rings. The third kappa shape index (κ3) is 5.41. The fraction of sp³-hybridized carbons (Fsp3) is 0.333. The molecule has 0 radical (unpaired) electrons. The Morgan fingerprint density at radius 2 is 1.74 bits per heavy atom. The fourth-order valence-electron chi connectivity index (χ4n) is 3.36. The Hall–Kier alpha value is -2.93. The zero-order valence-electron chi connectivity index (χ0n) is 17.8. The number of ketones is 1. The fourth-order valence-corrected chi connectivity index (χ4v) is 4.20. The van der Waals surface area contributed by atoms with Crippen LogP contribution in [0, 0.1) is 0 Å². The van der Waals surface area contributed by atoms with E-state index in [0.29, 0.717) is 30.3 Å². The minimum atomic E-state index is 0.0155. The highest BCUT2D eigenvalue weighted by Gasteiger charge is 2.30. The number of rotatable bonds is 9. The number of nitrogens with zero attached hydrogens (tertiary/aromatic N) is 4. The van der Waals surface area contributed by atoms with E-state index in [9.17, 15) is 9.59 Å². The lowest BCUT2D eigenvalue weighted by molar-refractivity contribution is -0.128. The normalized spacial score (nSPS) is 13.2. The molecule has 0 atom stereocenters. The monoisotopic (exact) mass is 434 g/mol. The van der Waals surface area contributed by atoms with Crippen LogP contribution < -0.4 is 0 Å². The molecule has 0 N–H and O–H groups in total. The van der Waals surface area contributed by atoms with Crippen molar-refractivity contribution in [1.29, 1.82) is 0 Å². The van der Waals surface area contributed by atoms with E-state index < -0.39 is 0 Å². The third-order valence-corrected chi connectivity index (χ3v) is 6.40. The summed E-state index contributed by atoms with van der Waals surface area (Å²) in [4.78, 5) is 25.8. The molecule has 4 rings (SSSR count). The van der Waals surface area contributed by atoms with Crippen LogP contribution in [-0.4, -0.2) is 44.2 Å². The van der Waals surface area contributed by atoms with Gasteiger partial charge in [0.2, 0.25) is 5.91 Å². The molecule has 7 heteroatoms. The molecule has 0 aliphatic heterocycles. The van der Waals surface area contributed by atoms with Crippen molar-refractivity contribution in [3.63, 3.8) is 0 Å². The Labute approximate surface area is 186 Å². The van der Waals surface area contributed by atoms with Gasteiger partial charge in [-0.3, -0.25) is 9.59 Å². The first-order valence-electron chi connectivity index (χ1n) is 10.4. The number of aromatic nitrogens is 3. The standard InChI is InChI=1S/C24H26N4O2S/c1-17(29)27(2)14-19-8-10-20(11-9-19)22(30)16-31-24-26-25-23(21-12-13-21)28(24)15-18-6-4-3-5-7-18/h3-11,21H,12-16H2,1-2H3. The number of benzene rings is 2. The maximum Gasteiger partial charge on any atom is 0.219 e. The van der Waals surface area contributed by atoms with Crippen molar-refractivity contribution < 1.29 is 9.59 Å². The van der Waals surface area contributed by atoms with Gasteiger partial charge in [0.05, 0.1) is 12.3 Å². The Kier molecular flexibility index (Phi) is 6.51. The van der Waals surface area contributed by atoms with Crippen LogP contribution in [-0.2, 0) is 17.9 Å². The molecular formula is C24H26N4O2S. The van der Waals surface area contributed by atoms with E-state index in [1.807, 2.05) is 42.5 Å². The highest BCUT2D eigenvalue weighted by molar-refractivity contribution is 7.99. The average Bonchev–Trinajstić information content (AvgIpc) is 3.55. The summed E-state index contributed by atoms with van der Waals surface area (Å²) in [6.07, 6.45) is 2.31. The number of hydrogen-bond donors (Lipinski definition) is 0. The summed E-state index contributed by atoms with van der Waals surface area (Å²) in [5.41, 5.74) is 2.86. The van der Waals surface area contributed by atoms with Gasteiger partial charge in [0.15, 0.2) is 10.9 Å². The molecule has 160 valence electrons. The van der Waals surface area contributed by atoms with E-state index >= 15 is 0 Å². The van der Waals surface area contributed by atoms with Gasteiger partial charge in [0, 0.05) is 32.0 Å². The van der Waals surface area contributed by atoms with Crippen molar-refractivity contribution in [3.05, 3.63) is 77.1 Å². The maximum absolute atomic E-state index is 12.7. The Balaban J connectivity index is 1.42. The van der Waals surface area contributed by atoms with Gasteiger partial charge in [0.1, 0.15) is 5.82 Å². The number of hydrogen-bond acceptors (Lipinski definition) is 5. The van der Waals surface area contributed by atoms with Gasteiger partial charge in [-0.15, -0.1) is 10.2 Å². The summed E-state index contributed by atoms with van der Waals surface area (Å²) < 4.78 is 2.16. The lowest BCUT2D eigenvalue weighted by Gasteiger charge is -2.14. The van der Waals surface area contributed by atoms with Gasteiger partial charge >= 0.3 is 0 Å². The van der Waals surface area contributed by atoms with Crippen molar-refractivity contribution in [3.8, 4) is 0 Å². The van der Waals surface area contributed by atoms with E-state index in [1.54, 1.807) is 18.9 Å². The molecule has 1 amide bonds. The van der Waals surface area contributed by atoms with Gasteiger partial charge in [-0.2, -0.15) is 0 Å². The van der Waals surface area contributed by atoms with E-state index in [2.05, 4.69) is 26.9 Å². The number of thioether (sulfide) groups is 1. The van der Waals surface area contributed by atoms with E-state index in [1.165, 1.54) is 17.3 Å². The van der Waals surface area contributed by atoms with Crippen molar-refractivity contribution in [2.45, 2.75) is 43.9 Å². The summed E-state index contributed by atoms with van der Waals surface area (Å²) in [6, 6.07) is 17.7. The second-order valence-corrected chi connectivity index (χ2v) is 8.91. The van der Waals surface area contributed by atoms with Gasteiger partial charge in [0.25, 0.3) is 0 Å². The summed E-state index contributed by atoms with van der Waals surface area (Å²) >= 11 is 1.44. The second-order valence-electron chi connectivity index (χ2n) is 7.97. The van der Waals surface area contributed by atoms with E-state index in [4.69, 9.17) is 0 Å². The Morgan fingerprint density at radius 1 is 1.03 bits per heavy atom. The third-order valence-electron chi connectivity index (χ3n) is 5.44. The Bertz CT molecular complexity index is 1060. The zero-order valence-corrected chi connectivity index (χ0v) is 18.6. The van der Waals surface area contributed by atoms with Crippen LogP contribution in [0.1, 0.15) is 53.0 Å². The average molecular weight is 435 g/mol. The first kappa shape index (κ1) is 21.3. The van der Waals surface area contributed by atoms with Crippen LogP contribution in [0.5, 0.6) is 0 Å². The first-order chi connectivity index (χ1) is 15.0. The van der Waals surface area contributed by atoms with Crippen LogP contribution >= 0.6 is 11.8 Å². The minimum Gasteiger partial charge on any atom is -0.342 e. The molecule has 1 saturated carbocycles. The maximum atomic E-state index is 12.7. The summed E-state index contributed by atoms with van der Waals surface area (Å²) in [5.74, 6) is 1.89. The first-order valence-corrected chi connectivity index (χ1v) is 11.4. The van der Waals surface area contributed by atoms with Gasteiger partial charge in [-0.05, 0) is 24.0 Å². The van der Waals surface area contributed by atoms with Crippen molar-refractivity contribution in [2.24, 2.45) is 0 Å². The lowest BCUT2D eigenvalue weighted by Crippen LogP contribution is -2.22. The molecule has 1 heterocycles. The number of Topliss-reactive ketones (excluding diaryl/α,β-unsaturated/α-hetero) is 1. The minimum absolute atomic E-state index is 0.0155. The predicted molar refractivity (Wildman–Crippen MR) is 121 cm³/mol. The molecule has 0 saturated heterocycles. The van der Waals surface area contributed by atoms with E-state index in [-0.39, 0.29) is 11.7 Å². The molecule has 31 heavy (non-hydrogen) atoms. The van der Waals surface area contributed by atoms with Crippen LogP contribution in [0.25, 0.3) is 0 Å². The summed E-state index contributed by atoms with van der Waals surface area (Å²) in [6.45, 7) is 2.79. The summed E-state index contributed by atoms with van der Waals surface area (Å²) in [5, 5.41) is 9.61. The number of carbonyl (C=O) groups excluding carboxylic acids is 2. The number of carbonyl (C=O) groups is 2. The van der Waals surface area contributed by atoms with Gasteiger partial charge < -0.3 is 9.47 Å². The van der Waals surface area contributed by atoms with Gasteiger partial charge in [-0.25, -0.2) is 0 Å². The lowest BCUT2D eigenvalue weighted by atomic mass is 10.1.